The zero-order valence-corrected chi connectivity index (χ0v) is 10.2. The van der Waals surface area contributed by atoms with E-state index in [9.17, 15) is 4.79 Å². The van der Waals surface area contributed by atoms with Crippen molar-refractivity contribution in [1.82, 2.24) is 0 Å². The quantitative estimate of drug-likeness (QED) is 0.738. The molecule has 0 aliphatic rings. The fourth-order valence-corrected chi connectivity index (χ4v) is 1.19. The highest BCUT2D eigenvalue weighted by Gasteiger charge is 2.11. The molecule has 0 unspecified atom stereocenters. The van der Waals surface area contributed by atoms with E-state index in [4.69, 9.17) is 9.47 Å². The lowest BCUT2D eigenvalue weighted by Crippen LogP contribution is -2.22. The molecule has 16 heavy (non-hydrogen) atoms. The number of hydrogen-bond donors (Lipinski definition) is 0. The summed E-state index contributed by atoms with van der Waals surface area (Å²) in [6, 6.07) is 7.54. The Bertz CT molecular complexity index is 346. The summed E-state index contributed by atoms with van der Waals surface area (Å²) < 4.78 is 10.6. The third-order valence-corrected chi connectivity index (χ3v) is 1.79. The number of esters is 1. The molecule has 3 heteroatoms. The van der Waals surface area contributed by atoms with Crippen molar-refractivity contribution < 1.29 is 14.3 Å². The van der Waals surface area contributed by atoms with Crippen molar-refractivity contribution in [3.8, 4) is 5.75 Å². The van der Waals surface area contributed by atoms with Gasteiger partial charge in [-0.1, -0.05) is 12.1 Å². The first-order valence-corrected chi connectivity index (χ1v) is 5.28. The van der Waals surface area contributed by atoms with Crippen LogP contribution < -0.4 is 4.74 Å². The Morgan fingerprint density at radius 3 is 2.19 bits per heavy atom. The molecule has 0 aliphatic heterocycles. The van der Waals surface area contributed by atoms with Crippen LogP contribution >= 0.6 is 0 Å². The van der Waals surface area contributed by atoms with E-state index in [1.807, 2.05) is 45.0 Å². The number of carbonyl (C=O) groups excluding carboxylic acids is 1. The molecule has 0 N–H and O–H groups in total. The molecule has 0 heterocycles. The van der Waals surface area contributed by atoms with Crippen LogP contribution in [0.2, 0.25) is 0 Å². The number of rotatable bonds is 3. The van der Waals surface area contributed by atoms with Crippen LogP contribution in [0.4, 0.5) is 0 Å². The molecule has 1 aromatic carbocycles. The van der Waals surface area contributed by atoms with Crippen LogP contribution in [0.1, 0.15) is 33.3 Å². The van der Waals surface area contributed by atoms with Crippen LogP contribution in [0.15, 0.2) is 24.3 Å². The van der Waals surface area contributed by atoms with Crippen LogP contribution in [0.25, 0.3) is 0 Å². The third-order valence-electron chi connectivity index (χ3n) is 1.79. The zero-order chi connectivity index (χ0) is 12.2. The van der Waals surface area contributed by atoms with E-state index in [0.717, 1.165) is 11.3 Å². The van der Waals surface area contributed by atoms with Crippen LogP contribution in [0.3, 0.4) is 0 Å². The highest BCUT2D eigenvalue weighted by atomic mass is 16.5. The standard InChI is InChI=1S/C13H18O3/c1-10(14)15-9-11-5-7-12(8-6-11)16-13(2,3)4/h5-8H,9H2,1-4H3. The Morgan fingerprint density at radius 2 is 1.75 bits per heavy atom. The number of benzene rings is 1. The Balaban J connectivity index is 2.57. The van der Waals surface area contributed by atoms with E-state index < -0.39 is 0 Å². The molecule has 88 valence electrons. The normalized spacial score (nSPS) is 11.0. The fourth-order valence-electron chi connectivity index (χ4n) is 1.19. The minimum absolute atomic E-state index is 0.197. The van der Waals surface area contributed by atoms with E-state index in [0.29, 0.717) is 6.61 Å². The maximum absolute atomic E-state index is 10.6. The summed E-state index contributed by atoms with van der Waals surface area (Å²) in [6.45, 7) is 7.71. The summed E-state index contributed by atoms with van der Waals surface area (Å²) >= 11 is 0. The average Bonchev–Trinajstić information content (AvgIpc) is 2.14. The number of ether oxygens (including phenoxy) is 2. The van der Waals surface area contributed by atoms with Gasteiger partial charge in [0.1, 0.15) is 18.0 Å². The Morgan fingerprint density at radius 1 is 1.19 bits per heavy atom. The van der Waals surface area contributed by atoms with Crippen molar-refractivity contribution in [2.24, 2.45) is 0 Å². The maximum atomic E-state index is 10.6. The van der Waals surface area contributed by atoms with Crippen LogP contribution in [0, 0.1) is 0 Å². The van der Waals surface area contributed by atoms with E-state index in [-0.39, 0.29) is 11.6 Å². The zero-order valence-electron chi connectivity index (χ0n) is 10.2. The van der Waals surface area contributed by atoms with Gasteiger partial charge in [0.05, 0.1) is 0 Å². The average molecular weight is 222 g/mol. The number of hydrogen-bond acceptors (Lipinski definition) is 3. The van der Waals surface area contributed by atoms with E-state index in [2.05, 4.69) is 0 Å². The van der Waals surface area contributed by atoms with Crippen LogP contribution in [0.5, 0.6) is 5.75 Å². The van der Waals surface area contributed by atoms with Gasteiger partial charge in [-0.3, -0.25) is 4.79 Å². The van der Waals surface area contributed by atoms with Crippen molar-refractivity contribution in [2.75, 3.05) is 0 Å². The van der Waals surface area contributed by atoms with Gasteiger partial charge in [-0.2, -0.15) is 0 Å². The molecule has 0 atom stereocenters. The second-order valence-corrected chi connectivity index (χ2v) is 4.64. The van der Waals surface area contributed by atoms with E-state index in [1.54, 1.807) is 0 Å². The monoisotopic (exact) mass is 222 g/mol. The summed E-state index contributed by atoms with van der Waals surface area (Å²) in [5, 5.41) is 0. The molecule has 0 aliphatic carbocycles. The molecular formula is C13H18O3. The molecule has 0 radical (unpaired) electrons. The molecule has 0 saturated carbocycles. The topological polar surface area (TPSA) is 35.5 Å². The Hall–Kier alpha value is -1.51. The third kappa shape index (κ3) is 4.82. The maximum Gasteiger partial charge on any atom is 0.302 e. The van der Waals surface area contributed by atoms with Gasteiger partial charge in [0.15, 0.2) is 0 Å². The summed E-state index contributed by atoms with van der Waals surface area (Å²) in [4.78, 5) is 10.6. The van der Waals surface area contributed by atoms with Gasteiger partial charge in [0.25, 0.3) is 0 Å². The van der Waals surface area contributed by atoms with Crippen LogP contribution in [-0.2, 0) is 16.1 Å². The van der Waals surface area contributed by atoms with Gasteiger partial charge in [-0.05, 0) is 38.5 Å². The molecule has 1 rings (SSSR count). The predicted molar refractivity (Wildman–Crippen MR) is 62.3 cm³/mol. The van der Waals surface area contributed by atoms with Gasteiger partial charge in [-0.25, -0.2) is 0 Å². The van der Waals surface area contributed by atoms with Crippen molar-refractivity contribution in [3.63, 3.8) is 0 Å². The lowest BCUT2D eigenvalue weighted by Gasteiger charge is -2.21. The predicted octanol–water partition coefficient (Wildman–Crippen LogP) is 2.93. The SMILES string of the molecule is CC(=O)OCc1ccc(OC(C)(C)C)cc1. The highest BCUT2D eigenvalue weighted by Crippen LogP contribution is 2.18. The van der Waals surface area contributed by atoms with Crippen molar-refractivity contribution in [2.45, 2.75) is 39.9 Å². The summed E-state index contributed by atoms with van der Waals surface area (Å²) in [5.41, 5.74) is 0.758. The number of carbonyl (C=O) groups is 1. The minimum Gasteiger partial charge on any atom is -0.488 e. The summed E-state index contributed by atoms with van der Waals surface area (Å²) in [7, 11) is 0. The van der Waals surface area contributed by atoms with Gasteiger partial charge < -0.3 is 9.47 Å². The van der Waals surface area contributed by atoms with E-state index in [1.165, 1.54) is 6.92 Å². The minimum atomic E-state index is -0.269. The first-order valence-electron chi connectivity index (χ1n) is 5.28. The molecule has 0 fully saturated rings. The summed E-state index contributed by atoms with van der Waals surface area (Å²) in [5.74, 6) is 0.550. The molecule has 0 saturated heterocycles. The van der Waals surface area contributed by atoms with Gasteiger partial charge in [0, 0.05) is 6.92 Å². The molecule has 3 nitrogen and oxygen atoms in total. The first kappa shape index (κ1) is 12.6. The van der Waals surface area contributed by atoms with E-state index >= 15 is 0 Å². The fraction of sp³-hybridized carbons (Fsp3) is 0.462. The van der Waals surface area contributed by atoms with Crippen molar-refractivity contribution in [3.05, 3.63) is 29.8 Å². The smallest absolute Gasteiger partial charge is 0.302 e. The molecule has 0 aromatic heterocycles. The summed E-state index contributed by atoms with van der Waals surface area (Å²) in [6.07, 6.45) is 0. The molecule has 0 bridgehead atoms. The van der Waals surface area contributed by atoms with Crippen LogP contribution in [-0.4, -0.2) is 11.6 Å². The highest BCUT2D eigenvalue weighted by molar-refractivity contribution is 5.65. The van der Waals surface area contributed by atoms with Gasteiger partial charge in [-0.15, -0.1) is 0 Å². The molecular weight excluding hydrogens is 204 g/mol. The van der Waals surface area contributed by atoms with Gasteiger partial charge >= 0.3 is 5.97 Å². The van der Waals surface area contributed by atoms with Crippen molar-refractivity contribution in [1.29, 1.82) is 0 Å². The lowest BCUT2D eigenvalue weighted by molar-refractivity contribution is -0.142. The van der Waals surface area contributed by atoms with Crippen molar-refractivity contribution >= 4 is 5.97 Å². The molecule has 1 aromatic rings. The Kier molecular flexibility index (Phi) is 3.93. The second kappa shape index (κ2) is 5.01. The van der Waals surface area contributed by atoms with Gasteiger partial charge in [0.2, 0.25) is 0 Å². The Labute approximate surface area is 96.4 Å². The molecule has 0 spiro atoms. The molecule has 0 amide bonds. The second-order valence-electron chi connectivity index (χ2n) is 4.64. The lowest BCUT2D eigenvalue weighted by atomic mass is 10.2. The largest absolute Gasteiger partial charge is 0.488 e. The first-order chi connectivity index (χ1) is 7.37.